The van der Waals surface area contributed by atoms with Crippen LogP contribution in [0.5, 0.6) is 0 Å². The highest BCUT2D eigenvalue weighted by atomic mass is 16.2. The summed E-state index contributed by atoms with van der Waals surface area (Å²) in [6.07, 6.45) is 10.3. The molecule has 146 valence electrons. The Morgan fingerprint density at radius 1 is 1.26 bits per heavy atom. The van der Waals surface area contributed by atoms with Gasteiger partial charge in [0, 0.05) is 57.1 Å². The summed E-state index contributed by atoms with van der Waals surface area (Å²) in [5.41, 5.74) is 3.43. The van der Waals surface area contributed by atoms with E-state index in [1.807, 2.05) is 24.9 Å². The molecule has 1 atom stereocenters. The van der Waals surface area contributed by atoms with Crippen molar-refractivity contribution in [2.75, 3.05) is 13.1 Å². The molecular formula is C21H31N5O. The van der Waals surface area contributed by atoms with Crippen molar-refractivity contribution in [1.82, 2.24) is 24.2 Å². The van der Waals surface area contributed by atoms with Gasteiger partial charge in [0.25, 0.3) is 0 Å². The number of hydrogen-bond donors (Lipinski definition) is 0. The van der Waals surface area contributed by atoms with Crippen LogP contribution in [0.4, 0.5) is 0 Å². The molecule has 2 aliphatic rings. The third-order valence-corrected chi connectivity index (χ3v) is 6.29. The van der Waals surface area contributed by atoms with E-state index in [4.69, 9.17) is 0 Å². The van der Waals surface area contributed by atoms with Crippen LogP contribution < -0.4 is 0 Å². The maximum absolute atomic E-state index is 12.9. The predicted octanol–water partition coefficient (Wildman–Crippen LogP) is 2.98. The summed E-state index contributed by atoms with van der Waals surface area (Å²) >= 11 is 0. The number of rotatable bonds is 6. The van der Waals surface area contributed by atoms with Crippen LogP contribution in [0.25, 0.3) is 0 Å². The molecule has 6 nitrogen and oxygen atoms in total. The molecule has 6 heteroatoms. The highest BCUT2D eigenvalue weighted by molar-refractivity contribution is 5.76. The number of carbonyl (C=O) groups is 1. The second-order valence-electron chi connectivity index (χ2n) is 8.33. The molecule has 4 rings (SSSR count). The lowest BCUT2D eigenvalue weighted by atomic mass is 9.96. The number of piperidine rings is 1. The lowest BCUT2D eigenvalue weighted by Crippen LogP contribution is -2.40. The van der Waals surface area contributed by atoms with Crippen molar-refractivity contribution < 1.29 is 4.79 Å². The molecule has 0 bridgehead atoms. The molecule has 0 aromatic carbocycles. The average Bonchev–Trinajstić information content (AvgIpc) is 3.29. The van der Waals surface area contributed by atoms with Crippen LogP contribution in [0.2, 0.25) is 0 Å². The average molecular weight is 370 g/mol. The third-order valence-electron chi connectivity index (χ3n) is 6.29. The van der Waals surface area contributed by atoms with E-state index in [-0.39, 0.29) is 5.91 Å². The van der Waals surface area contributed by atoms with Gasteiger partial charge in [0.2, 0.25) is 5.91 Å². The summed E-state index contributed by atoms with van der Waals surface area (Å²) in [6, 6.07) is 0. The van der Waals surface area contributed by atoms with Crippen molar-refractivity contribution in [3.8, 4) is 0 Å². The molecule has 1 aliphatic carbocycles. The first-order valence-electron chi connectivity index (χ1n) is 10.3. The van der Waals surface area contributed by atoms with Gasteiger partial charge in [-0.3, -0.25) is 9.48 Å². The first kappa shape index (κ1) is 18.3. The number of amides is 1. The highest BCUT2D eigenvalue weighted by Crippen LogP contribution is 2.33. The molecule has 0 radical (unpaired) electrons. The normalized spacial score (nSPS) is 20.3. The SMILES string of the molecule is Cc1nn(C)c(C)c1CCC(=O)N1CCC[C@@H](c2nccn2CC2CC2)C1. The van der Waals surface area contributed by atoms with Gasteiger partial charge in [0.05, 0.1) is 5.69 Å². The number of carbonyl (C=O) groups excluding carboxylic acids is 1. The van der Waals surface area contributed by atoms with Gasteiger partial charge in [-0.1, -0.05) is 0 Å². The van der Waals surface area contributed by atoms with E-state index in [0.29, 0.717) is 12.3 Å². The maximum Gasteiger partial charge on any atom is 0.222 e. The molecule has 1 aliphatic heterocycles. The van der Waals surface area contributed by atoms with E-state index >= 15 is 0 Å². The van der Waals surface area contributed by atoms with Crippen molar-refractivity contribution in [1.29, 1.82) is 0 Å². The summed E-state index contributed by atoms with van der Waals surface area (Å²) < 4.78 is 4.24. The summed E-state index contributed by atoms with van der Waals surface area (Å²) in [4.78, 5) is 19.6. The lowest BCUT2D eigenvalue weighted by molar-refractivity contribution is -0.132. The van der Waals surface area contributed by atoms with E-state index in [2.05, 4.69) is 32.7 Å². The van der Waals surface area contributed by atoms with Gasteiger partial charge >= 0.3 is 0 Å². The van der Waals surface area contributed by atoms with Gasteiger partial charge in [-0.15, -0.1) is 0 Å². The maximum atomic E-state index is 12.9. The van der Waals surface area contributed by atoms with Crippen LogP contribution in [0.15, 0.2) is 12.4 Å². The first-order chi connectivity index (χ1) is 13.0. The second kappa shape index (κ2) is 7.49. The Labute approximate surface area is 161 Å². The zero-order chi connectivity index (χ0) is 19.0. The van der Waals surface area contributed by atoms with E-state index in [1.54, 1.807) is 0 Å². The Hall–Kier alpha value is -2.11. The summed E-state index contributed by atoms with van der Waals surface area (Å²) in [5.74, 6) is 2.66. The quantitative estimate of drug-likeness (QED) is 0.787. The van der Waals surface area contributed by atoms with Crippen LogP contribution in [0, 0.1) is 19.8 Å². The number of likely N-dealkylation sites (tertiary alicyclic amines) is 1. The molecule has 3 heterocycles. The fourth-order valence-electron chi connectivity index (χ4n) is 4.40. The van der Waals surface area contributed by atoms with E-state index in [1.165, 1.54) is 29.9 Å². The number of aryl methyl sites for hydroxylation is 2. The molecule has 2 aromatic rings. The summed E-state index contributed by atoms with van der Waals surface area (Å²) in [5, 5.41) is 4.47. The van der Waals surface area contributed by atoms with E-state index in [9.17, 15) is 4.79 Å². The summed E-state index contributed by atoms with van der Waals surface area (Å²) in [7, 11) is 1.96. The van der Waals surface area contributed by atoms with Crippen LogP contribution in [0.1, 0.15) is 60.8 Å². The van der Waals surface area contributed by atoms with Crippen LogP contribution in [-0.4, -0.2) is 43.2 Å². The predicted molar refractivity (Wildman–Crippen MR) is 105 cm³/mol. The van der Waals surface area contributed by atoms with Gasteiger partial charge < -0.3 is 9.47 Å². The molecular weight excluding hydrogens is 338 g/mol. The zero-order valence-corrected chi connectivity index (χ0v) is 16.8. The number of aromatic nitrogens is 4. The van der Waals surface area contributed by atoms with Crippen molar-refractivity contribution in [3.05, 3.63) is 35.2 Å². The number of nitrogens with zero attached hydrogens (tertiary/aromatic N) is 5. The monoisotopic (exact) mass is 369 g/mol. The first-order valence-corrected chi connectivity index (χ1v) is 10.3. The minimum atomic E-state index is 0.266. The molecule has 1 saturated carbocycles. The minimum absolute atomic E-state index is 0.266. The Morgan fingerprint density at radius 2 is 2.07 bits per heavy atom. The third kappa shape index (κ3) is 3.94. The topological polar surface area (TPSA) is 56.0 Å². The molecule has 1 saturated heterocycles. The molecule has 2 fully saturated rings. The van der Waals surface area contributed by atoms with Gasteiger partial charge in [-0.25, -0.2) is 4.98 Å². The Balaban J connectivity index is 1.37. The fraction of sp³-hybridized carbons (Fsp3) is 0.667. The smallest absolute Gasteiger partial charge is 0.222 e. The minimum Gasteiger partial charge on any atom is -0.342 e. The Bertz CT molecular complexity index is 817. The van der Waals surface area contributed by atoms with Gasteiger partial charge in [-0.05, 0) is 57.4 Å². The van der Waals surface area contributed by atoms with Crippen molar-refractivity contribution in [3.63, 3.8) is 0 Å². The molecule has 0 unspecified atom stereocenters. The zero-order valence-electron chi connectivity index (χ0n) is 16.8. The highest BCUT2D eigenvalue weighted by Gasteiger charge is 2.29. The molecule has 2 aromatic heterocycles. The van der Waals surface area contributed by atoms with Crippen LogP contribution >= 0.6 is 0 Å². The molecule has 0 N–H and O–H groups in total. The Kier molecular flexibility index (Phi) is 5.06. The molecule has 0 spiro atoms. The largest absolute Gasteiger partial charge is 0.342 e. The molecule has 1 amide bonds. The van der Waals surface area contributed by atoms with E-state index < -0.39 is 0 Å². The fourth-order valence-corrected chi connectivity index (χ4v) is 4.40. The van der Waals surface area contributed by atoms with Gasteiger partial charge in [0.1, 0.15) is 5.82 Å². The van der Waals surface area contributed by atoms with Crippen molar-refractivity contribution in [2.24, 2.45) is 13.0 Å². The van der Waals surface area contributed by atoms with Crippen molar-refractivity contribution >= 4 is 5.91 Å². The number of hydrogen-bond acceptors (Lipinski definition) is 3. The standard InChI is InChI=1S/C21H31N5O/c1-15-19(16(2)24(3)23-15)8-9-20(27)25-11-4-5-18(14-25)21-22-10-12-26(21)13-17-6-7-17/h10,12,17-18H,4-9,11,13-14H2,1-3H3/t18-/m1/s1. The van der Waals surface area contributed by atoms with Crippen LogP contribution in [0.3, 0.4) is 0 Å². The van der Waals surface area contributed by atoms with Crippen molar-refractivity contribution in [2.45, 2.75) is 64.8 Å². The van der Waals surface area contributed by atoms with Gasteiger partial charge in [-0.2, -0.15) is 5.10 Å². The number of imidazole rings is 1. The van der Waals surface area contributed by atoms with E-state index in [0.717, 1.165) is 50.5 Å². The lowest BCUT2D eigenvalue weighted by Gasteiger charge is -2.33. The van der Waals surface area contributed by atoms with Gasteiger partial charge in [0.15, 0.2) is 0 Å². The molecule has 27 heavy (non-hydrogen) atoms. The second-order valence-corrected chi connectivity index (χ2v) is 8.33. The summed E-state index contributed by atoms with van der Waals surface area (Å²) in [6.45, 7) is 6.90. The Morgan fingerprint density at radius 3 is 2.78 bits per heavy atom. The van der Waals surface area contributed by atoms with Crippen LogP contribution in [-0.2, 0) is 24.8 Å².